The quantitative estimate of drug-likeness (QED) is 0.415. The highest BCUT2D eigenvalue weighted by Gasteiger charge is 2.70. The molecule has 3 fully saturated rings. The Morgan fingerprint density at radius 1 is 1.05 bits per heavy atom. The lowest BCUT2D eigenvalue weighted by atomic mass is 9.33. The standard InChI is InChI=1S/C32H43NO4/c1-18-9-12-32(17-24(35)36)14-13-31(7)26(25(32)19(18)2)21(34)15-23-29(5)16-20(33-8)27(37)28(3,4)22(29)10-11-30(23,31)6/h15-16,18-19,22,25-26H,9-14,17H2,1-7H3,(H,35,36)/t18-,19+,22+,25+,26-,29+,30-,31-,32-/m1/s1. The molecule has 5 aliphatic rings. The van der Waals surface area contributed by atoms with Gasteiger partial charge in [-0.15, -0.1) is 0 Å². The van der Waals surface area contributed by atoms with E-state index in [1.165, 1.54) is 0 Å². The van der Waals surface area contributed by atoms with Crippen molar-refractivity contribution in [3.8, 4) is 0 Å². The van der Waals surface area contributed by atoms with E-state index in [9.17, 15) is 19.5 Å². The number of rotatable bonds is 2. The van der Waals surface area contributed by atoms with Crippen molar-refractivity contribution in [2.45, 2.75) is 93.4 Å². The summed E-state index contributed by atoms with van der Waals surface area (Å²) in [6.07, 6.45) is 9.31. The van der Waals surface area contributed by atoms with Crippen LogP contribution in [0, 0.1) is 63.2 Å². The Balaban J connectivity index is 1.70. The van der Waals surface area contributed by atoms with Crippen molar-refractivity contribution in [2.75, 3.05) is 0 Å². The van der Waals surface area contributed by atoms with E-state index in [4.69, 9.17) is 6.57 Å². The van der Waals surface area contributed by atoms with Gasteiger partial charge < -0.3 is 9.90 Å². The molecular weight excluding hydrogens is 462 g/mol. The Hall–Kier alpha value is -2.22. The number of carboxylic acids is 1. The van der Waals surface area contributed by atoms with Crippen LogP contribution in [-0.4, -0.2) is 22.6 Å². The lowest BCUT2D eigenvalue weighted by Crippen LogP contribution is -2.65. The largest absolute Gasteiger partial charge is 0.481 e. The molecule has 5 rings (SSSR count). The summed E-state index contributed by atoms with van der Waals surface area (Å²) < 4.78 is 0. The molecule has 37 heavy (non-hydrogen) atoms. The van der Waals surface area contributed by atoms with Crippen molar-refractivity contribution >= 4 is 17.5 Å². The summed E-state index contributed by atoms with van der Waals surface area (Å²) >= 11 is 0. The van der Waals surface area contributed by atoms with Crippen LogP contribution in [0.1, 0.15) is 93.4 Å². The Kier molecular flexibility index (Phi) is 5.64. The summed E-state index contributed by atoms with van der Waals surface area (Å²) in [7, 11) is 0. The van der Waals surface area contributed by atoms with Crippen LogP contribution in [0.2, 0.25) is 0 Å². The molecule has 5 heteroatoms. The van der Waals surface area contributed by atoms with Gasteiger partial charge in [0.1, 0.15) is 0 Å². The van der Waals surface area contributed by atoms with E-state index in [0.29, 0.717) is 5.92 Å². The fourth-order valence-corrected chi connectivity index (χ4v) is 10.6. The van der Waals surface area contributed by atoms with Crippen LogP contribution in [0.5, 0.6) is 0 Å². The lowest BCUT2D eigenvalue weighted by molar-refractivity contribution is -0.183. The van der Waals surface area contributed by atoms with Crippen molar-refractivity contribution in [1.82, 2.24) is 0 Å². The van der Waals surface area contributed by atoms with Crippen LogP contribution < -0.4 is 0 Å². The molecule has 0 heterocycles. The Bertz CT molecular complexity index is 1190. The van der Waals surface area contributed by atoms with Gasteiger partial charge in [0.15, 0.2) is 11.6 Å². The van der Waals surface area contributed by atoms with Gasteiger partial charge in [-0.3, -0.25) is 9.59 Å². The van der Waals surface area contributed by atoms with Crippen LogP contribution in [-0.2, 0) is 14.4 Å². The zero-order valence-electron chi connectivity index (χ0n) is 23.6. The van der Waals surface area contributed by atoms with Gasteiger partial charge in [0.05, 0.1) is 13.0 Å². The molecule has 0 aliphatic heterocycles. The smallest absolute Gasteiger partial charge is 0.303 e. The van der Waals surface area contributed by atoms with E-state index in [2.05, 4.69) is 39.5 Å². The number of aliphatic carboxylic acids is 1. The number of carbonyl (C=O) groups is 3. The van der Waals surface area contributed by atoms with Gasteiger partial charge in [0, 0.05) is 16.7 Å². The van der Waals surface area contributed by atoms with E-state index in [0.717, 1.165) is 44.1 Å². The van der Waals surface area contributed by atoms with E-state index in [1.54, 1.807) is 0 Å². The van der Waals surface area contributed by atoms with Gasteiger partial charge in [0.25, 0.3) is 0 Å². The molecular formula is C32H43NO4. The van der Waals surface area contributed by atoms with E-state index in [-0.39, 0.29) is 63.6 Å². The molecule has 0 amide bonds. The number of ketones is 2. The molecule has 3 saturated carbocycles. The van der Waals surface area contributed by atoms with Crippen molar-refractivity contribution in [3.63, 3.8) is 0 Å². The monoisotopic (exact) mass is 505 g/mol. The van der Waals surface area contributed by atoms with Gasteiger partial charge in [-0.05, 0) is 84.5 Å². The summed E-state index contributed by atoms with van der Waals surface area (Å²) in [4.78, 5) is 43.3. The van der Waals surface area contributed by atoms with Crippen LogP contribution in [0.15, 0.2) is 23.4 Å². The predicted octanol–water partition coefficient (Wildman–Crippen LogP) is 6.89. The van der Waals surface area contributed by atoms with Gasteiger partial charge in [-0.2, -0.15) is 0 Å². The third-order valence-electron chi connectivity index (χ3n) is 12.9. The van der Waals surface area contributed by atoms with E-state index < -0.39 is 16.8 Å². The first-order valence-electron chi connectivity index (χ1n) is 14.2. The minimum absolute atomic E-state index is 0.0357. The molecule has 5 nitrogen and oxygen atoms in total. The topological polar surface area (TPSA) is 75.8 Å². The van der Waals surface area contributed by atoms with E-state index >= 15 is 0 Å². The molecule has 0 aromatic heterocycles. The zero-order valence-corrected chi connectivity index (χ0v) is 23.6. The highest BCUT2D eigenvalue weighted by atomic mass is 16.4. The Labute approximate surface area is 222 Å². The first kappa shape index (κ1) is 26.4. The van der Waals surface area contributed by atoms with Gasteiger partial charge in [-0.25, -0.2) is 4.85 Å². The van der Waals surface area contributed by atoms with E-state index in [1.807, 2.05) is 26.0 Å². The number of carbonyl (C=O) groups excluding carboxylic acids is 2. The average molecular weight is 506 g/mol. The second-order valence-electron chi connectivity index (χ2n) is 14.6. The van der Waals surface area contributed by atoms with Crippen LogP contribution in [0.4, 0.5) is 0 Å². The SMILES string of the molecule is [C-]#[N+]C1=C[C@]2(C)C3=CC(=O)[C@@H]4[C@@H]5[C@@H](C)[C@H](C)CC[C@]5(CC(=O)O)CC[C@@]4(C)[C@]3(C)CC[C@H]2C(C)(C)C1=O. The molecule has 9 atom stereocenters. The average Bonchev–Trinajstić information content (AvgIpc) is 2.81. The fraction of sp³-hybridized carbons (Fsp3) is 0.750. The molecule has 5 aliphatic carbocycles. The van der Waals surface area contributed by atoms with Gasteiger partial charge >= 0.3 is 5.97 Å². The predicted molar refractivity (Wildman–Crippen MR) is 142 cm³/mol. The van der Waals surface area contributed by atoms with Crippen molar-refractivity contribution in [1.29, 1.82) is 0 Å². The number of hydrogen-bond acceptors (Lipinski definition) is 3. The first-order valence-corrected chi connectivity index (χ1v) is 14.2. The summed E-state index contributed by atoms with van der Waals surface area (Å²) in [5, 5.41) is 9.94. The lowest BCUT2D eigenvalue weighted by Gasteiger charge is -2.69. The number of hydrogen-bond donors (Lipinski definition) is 1. The Morgan fingerprint density at radius 3 is 2.35 bits per heavy atom. The molecule has 0 unspecified atom stereocenters. The second-order valence-corrected chi connectivity index (χ2v) is 14.6. The second kappa shape index (κ2) is 7.90. The third-order valence-corrected chi connectivity index (χ3v) is 12.9. The maximum absolute atomic E-state index is 14.4. The molecule has 0 spiro atoms. The fourth-order valence-electron chi connectivity index (χ4n) is 10.6. The first-order chi connectivity index (χ1) is 17.1. The third kappa shape index (κ3) is 3.17. The van der Waals surface area contributed by atoms with Crippen molar-refractivity contribution < 1.29 is 19.5 Å². The molecule has 0 aromatic carbocycles. The minimum Gasteiger partial charge on any atom is -0.481 e. The zero-order chi connectivity index (χ0) is 27.3. The Morgan fingerprint density at radius 2 is 1.73 bits per heavy atom. The molecule has 0 radical (unpaired) electrons. The summed E-state index contributed by atoms with van der Waals surface area (Å²) in [6.45, 7) is 23.0. The van der Waals surface area contributed by atoms with Crippen LogP contribution in [0.3, 0.4) is 0 Å². The molecule has 200 valence electrons. The highest BCUT2D eigenvalue weighted by molar-refractivity contribution is 6.03. The number of fused-ring (bicyclic) bond motifs is 7. The van der Waals surface area contributed by atoms with Crippen LogP contribution >= 0.6 is 0 Å². The molecule has 0 bridgehead atoms. The number of Topliss-reactive ketones (excluding diaryl/α,β-unsaturated/α-hetero) is 1. The highest BCUT2D eigenvalue weighted by Crippen LogP contribution is 2.74. The summed E-state index contributed by atoms with van der Waals surface area (Å²) in [5.41, 5.74) is -0.768. The molecule has 0 saturated heterocycles. The van der Waals surface area contributed by atoms with Crippen molar-refractivity contribution in [3.05, 3.63) is 34.8 Å². The normalized spacial score (nSPS) is 48.3. The number of allylic oxidation sites excluding steroid dienone is 4. The number of nitrogens with zero attached hydrogens (tertiary/aromatic N) is 1. The van der Waals surface area contributed by atoms with Gasteiger partial charge in [0.2, 0.25) is 5.70 Å². The molecule has 1 N–H and O–H groups in total. The number of carboxylic acid groups (broad SMARTS) is 1. The maximum Gasteiger partial charge on any atom is 0.303 e. The summed E-state index contributed by atoms with van der Waals surface area (Å²) in [6, 6.07) is 0. The maximum atomic E-state index is 14.4. The van der Waals surface area contributed by atoms with Gasteiger partial charge in [-0.1, -0.05) is 60.1 Å². The minimum atomic E-state index is -0.750. The summed E-state index contributed by atoms with van der Waals surface area (Å²) in [5.74, 6) is -0.0538. The van der Waals surface area contributed by atoms with Crippen LogP contribution in [0.25, 0.3) is 4.85 Å². The van der Waals surface area contributed by atoms with Crippen molar-refractivity contribution in [2.24, 2.45) is 56.7 Å². The molecule has 0 aromatic rings.